The Morgan fingerprint density at radius 1 is 1.00 bits per heavy atom. The maximum Gasteiger partial charge on any atom is 0.290 e. The molecular formula is C18H14Cl2N4O3. The molecule has 3 rings (SSSR count). The van der Waals surface area contributed by atoms with Crippen molar-refractivity contribution in [1.82, 2.24) is 20.6 Å². The number of amides is 2. The van der Waals surface area contributed by atoms with Crippen LogP contribution in [-0.2, 0) is 6.54 Å². The number of fused-ring (bicyclic) bond motifs is 1. The highest BCUT2D eigenvalue weighted by atomic mass is 35.5. The summed E-state index contributed by atoms with van der Waals surface area (Å²) < 4.78 is 1.19. The van der Waals surface area contributed by atoms with Crippen LogP contribution in [0.2, 0.25) is 10.0 Å². The van der Waals surface area contributed by atoms with Crippen molar-refractivity contribution in [3.05, 3.63) is 74.1 Å². The van der Waals surface area contributed by atoms with Gasteiger partial charge in [-0.2, -0.15) is 5.10 Å². The van der Waals surface area contributed by atoms with E-state index in [1.807, 2.05) is 0 Å². The summed E-state index contributed by atoms with van der Waals surface area (Å²) in [4.78, 5) is 37.0. The van der Waals surface area contributed by atoms with Gasteiger partial charge in [0, 0.05) is 17.5 Å². The Morgan fingerprint density at radius 3 is 2.33 bits per heavy atom. The van der Waals surface area contributed by atoms with Gasteiger partial charge in [-0.1, -0.05) is 41.4 Å². The number of hydrogen-bond donors (Lipinski definition) is 2. The van der Waals surface area contributed by atoms with Crippen molar-refractivity contribution < 1.29 is 9.59 Å². The summed E-state index contributed by atoms with van der Waals surface area (Å²) in [6, 6.07) is 11.0. The molecule has 0 bridgehead atoms. The van der Waals surface area contributed by atoms with E-state index in [9.17, 15) is 14.4 Å². The lowest BCUT2D eigenvalue weighted by molar-refractivity contribution is 0.0843. The molecule has 27 heavy (non-hydrogen) atoms. The lowest BCUT2D eigenvalue weighted by Gasteiger charge is -2.11. The van der Waals surface area contributed by atoms with Crippen LogP contribution in [0.3, 0.4) is 0 Å². The number of carbonyl (C=O) groups is 2. The van der Waals surface area contributed by atoms with Gasteiger partial charge in [-0.25, -0.2) is 4.68 Å². The number of halogens is 2. The molecule has 0 radical (unpaired) electrons. The number of nitrogens with zero attached hydrogens (tertiary/aromatic N) is 2. The Hall–Kier alpha value is -2.90. The van der Waals surface area contributed by atoms with Crippen LogP contribution in [0.4, 0.5) is 0 Å². The third-order valence-electron chi connectivity index (χ3n) is 3.85. The third kappa shape index (κ3) is 3.79. The summed E-state index contributed by atoms with van der Waals surface area (Å²) >= 11 is 11.7. The van der Waals surface area contributed by atoms with E-state index in [-0.39, 0.29) is 21.8 Å². The zero-order valence-corrected chi connectivity index (χ0v) is 15.6. The molecule has 0 fully saturated rings. The van der Waals surface area contributed by atoms with Gasteiger partial charge in [-0.3, -0.25) is 25.2 Å². The predicted octanol–water partition coefficient (Wildman–Crippen LogP) is 2.80. The SMILES string of the molecule is CCn1nc(C(=O)NNC(=O)c2ccc(Cl)c(Cl)c2)c2ccccc2c1=O. The topological polar surface area (TPSA) is 93.1 Å². The fourth-order valence-electron chi connectivity index (χ4n) is 2.50. The summed E-state index contributed by atoms with van der Waals surface area (Å²) in [5, 5.41) is 5.40. The first-order valence-corrected chi connectivity index (χ1v) is 8.73. The van der Waals surface area contributed by atoms with Gasteiger partial charge in [-0.05, 0) is 31.2 Å². The summed E-state index contributed by atoms with van der Waals surface area (Å²) in [6.07, 6.45) is 0. The molecule has 1 heterocycles. The molecule has 0 aliphatic rings. The molecule has 0 spiro atoms. The highest BCUT2D eigenvalue weighted by Gasteiger charge is 2.17. The molecule has 0 atom stereocenters. The number of benzene rings is 2. The number of hydrazine groups is 1. The highest BCUT2D eigenvalue weighted by molar-refractivity contribution is 6.42. The van der Waals surface area contributed by atoms with Gasteiger partial charge >= 0.3 is 0 Å². The van der Waals surface area contributed by atoms with E-state index >= 15 is 0 Å². The van der Waals surface area contributed by atoms with Crippen LogP contribution in [0.15, 0.2) is 47.3 Å². The molecule has 0 aliphatic carbocycles. The number of aryl methyl sites for hydroxylation is 1. The average Bonchev–Trinajstić information content (AvgIpc) is 2.68. The average molecular weight is 405 g/mol. The van der Waals surface area contributed by atoms with E-state index in [2.05, 4.69) is 16.0 Å². The van der Waals surface area contributed by atoms with Crippen LogP contribution in [0.25, 0.3) is 10.8 Å². The van der Waals surface area contributed by atoms with Gasteiger partial charge in [0.2, 0.25) is 0 Å². The Labute approximate surface area is 163 Å². The first kappa shape index (κ1) is 18.9. The van der Waals surface area contributed by atoms with E-state index in [1.54, 1.807) is 31.2 Å². The van der Waals surface area contributed by atoms with Crippen molar-refractivity contribution in [3.8, 4) is 0 Å². The van der Waals surface area contributed by atoms with Crippen LogP contribution in [0.5, 0.6) is 0 Å². The van der Waals surface area contributed by atoms with E-state index < -0.39 is 11.8 Å². The van der Waals surface area contributed by atoms with E-state index in [1.165, 1.54) is 22.9 Å². The number of rotatable bonds is 3. The highest BCUT2D eigenvalue weighted by Crippen LogP contribution is 2.22. The van der Waals surface area contributed by atoms with Crippen LogP contribution < -0.4 is 16.4 Å². The lowest BCUT2D eigenvalue weighted by Crippen LogP contribution is -2.42. The van der Waals surface area contributed by atoms with Crippen LogP contribution >= 0.6 is 23.2 Å². The molecule has 138 valence electrons. The third-order valence-corrected chi connectivity index (χ3v) is 4.59. The maximum absolute atomic E-state index is 12.5. The monoisotopic (exact) mass is 404 g/mol. The van der Waals surface area contributed by atoms with Crippen molar-refractivity contribution in [2.24, 2.45) is 0 Å². The van der Waals surface area contributed by atoms with Gasteiger partial charge < -0.3 is 0 Å². The maximum atomic E-state index is 12.5. The van der Waals surface area contributed by atoms with Crippen LogP contribution in [-0.4, -0.2) is 21.6 Å². The molecule has 0 unspecified atom stereocenters. The second-order valence-electron chi connectivity index (χ2n) is 5.55. The van der Waals surface area contributed by atoms with E-state index in [4.69, 9.17) is 23.2 Å². The second-order valence-corrected chi connectivity index (χ2v) is 6.37. The second kappa shape index (κ2) is 7.77. The molecule has 7 nitrogen and oxygen atoms in total. The normalized spacial score (nSPS) is 10.6. The van der Waals surface area contributed by atoms with Crippen molar-refractivity contribution in [3.63, 3.8) is 0 Å². The van der Waals surface area contributed by atoms with Crippen molar-refractivity contribution in [1.29, 1.82) is 0 Å². The van der Waals surface area contributed by atoms with Gasteiger partial charge in [0.1, 0.15) is 0 Å². The summed E-state index contributed by atoms with van der Waals surface area (Å²) in [5.41, 5.74) is 4.56. The Kier molecular flexibility index (Phi) is 5.43. The molecule has 0 saturated carbocycles. The number of nitrogens with one attached hydrogen (secondary N) is 2. The molecule has 1 aromatic heterocycles. The zero-order valence-electron chi connectivity index (χ0n) is 14.1. The van der Waals surface area contributed by atoms with Crippen molar-refractivity contribution >= 4 is 45.8 Å². The number of carbonyl (C=O) groups excluding carboxylic acids is 2. The molecule has 0 aliphatic heterocycles. The summed E-state index contributed by atoms with van der Waals surface area (Å²) in [7, 11) is 0. The summed E-state index contributed by atoms with van der Waals surface area (Å²) in [5.74, 6) is -1.23. The Balaban J connectivity index is 1.86. The molecule has 9 heteroatoms. The van der Waals surface area contributed by atoms with Crippen LogP contribution in [0.1, 0.15) is 27.8 Å². The minimum Gasteiger partial charge on any atom is -0.267 e. The Bertz CT molecular complexity index is 1110. The van der Waals surface area contributed by atoms with Gasteiger partial charge in [-0.15, -0.1) is 0 Å². The smallest absolute Gasteiger partial charge is 0.267 e. The van der Waals surface area contributed by atoms with E-state index in [0.29, 0.717) is 22.3 Å². The molecule has 2 aromatic carbocycles. The largest absolute Gasteiger partial charge is 0.290 e. The van der Waals surface area contributed by atoms with Crippen LogP contribution in [0, 0.1) is 0 Å². The molecule has 2 N–H and O–H groups in total. The fraction of sp³-hybridized carbons (Fsp3) is 0.111. The first-order valence-electron chi connectivity index (χ1n) is 7.98. The summed E-state index contributed by atoms with van der Waals surface area (Å²) in [6.45, 7) is 2.05. The minimum atomic E-state index is -0.651. The van der Waals surface area contributed by atoms with Crippen molar-refractivity contribution in [2.45, 2.75) is 13.5 Å². The van der Waals surface area contributed by atoms with Gasteiger partial charge in [0.15, 0.2) is 5.69 Å². The predicted molar refractivity (Wildman–Crippen MR) is 103 cm³/mol. The van der Waals surface area contributed by atoms with Gasteiger partial charge in [0.25, 0.3) is 17.4 Å². The van der Waals surface area contributed by atoms with E-state index in [0.717, 1.165) is 0 Å². The minimum absolute atomic E-state index is 0.0292. The van der Waals surface area contributed by atoms with Gasteiger partial charge in [0.05, 0.1) is 15.4 Å². The fourth-order valence-corrected chi connectivity index (χ4v) is 2.80. The Morgan fingerprint density at radius 2 is 1.67 bits per heavy atom. The van der Waals surface area contributed by atoms with Crippen molar-refractivity contribution in [2.75, 3.05) is 0 Å². The molecule has 0 saturated heterocycles. The standard InChI is InChI=1S/C18H14Cl2N4O3/c1-2-24-18(27)12-6-4-3-5-11(12)15(23-24)17(26)22-21-16(25)10-7-8-13(19)14(20)9-10/h3-9H,2H2,1H3,(H,21,25)(H,22,26). The first-order chi connectivity index (χ1) is 12.9. The molecule has 2 amide bonds. The molecule has 3 aromatic rings. The lowest BCUT2D eigenvalue weighted by atomic mass is 10.1. The molecular weight excluding hydrogens is 391 g/mol. The zero-order chi connectivity index (χ0) is 19.6. The number of aromatic nitrogens is 2. The quantitative estimate of drug-likeness (QED) is 0.656. The number of hydrogen-bond acceptors (Lipinski definition) is 4.